The molecule has 16 heavy (non-hydrogen) atoms. The number of ether oxygens (including phenoxy) is 1. The molecule has 1 aromatic carbocycles. The first kappa shape index (κ1) is 12.6. The van der Waals surface area contributed by atoms with Gasteiger partial charge < -0.3 is 10.1 Å². The monoisotopic (exact) mass is 221 g/mol. The largest absolute Gasteiger partial charge is 0.464 e. The number of carbonyl (C=O) groups is 1. The lowest BCUT2D eigenvalue weighted by Gasteiger charge is -2.14. The van der Waals surface area contributed by atoms with Crippen molar-refractivity contribution >= 4 is 11.7 Å². The number of carbonyl (C=O) groups excluding carboxylic acids is 1. The van der Waals surface area contributed by atoms with Crippen LogP contribution >= 0.6 is 0 Å². The summed E-state index contributed by atoms with van der Waals surface area (Å²) in [4.78, 5) is 11.5. The zero-order valence-electron chi connectivity index (χ0n) is 9.90. The molecule has 0 bridgehead atoms. The summed E-state index contributed by atoms with van der Waals surface area (Å²) < 4.78 is 5.11. The molecule has 0 saturated carbocycles. The maximum Gasteiger partial charge on any atom is 0.328 e. The summed E-state index contributed by atoms with van der Waals surface area (Å²) in [5.74, 6) is -0.197. The average molecular weight is 221 g/mol. The van der Waals surface area contributed by atoms with Gasteiger partial charge in [0.15, 0.2) is 0 Å². The predicted molar refractivity (Wildman–Crippen MR) is 65.4 cm³/mol. The van der Waals surface area contributed by atoms with Gasteiger partial charge in [-0.2, -0.15) is 0 Å². The van der Waals surface area contributed by atoms with Gasteiger partial charge in [0.05, 0.1) is 6.61 Å². The second-order valence-electron chi connectivity index (χ2n) is 3.75. The zero-order chi connectivity index (χ0) is 11.8. The molecule has 1 rings (SSSR count). The van der Waals surface area contributed by atoms with Crippen molar-refractivity contribution in [3.8, 4) is 0 Å². The Kier molecular flexibility index (Phi) is 5.40. The van der Waals surface area contributed by atoms with Crippen molar-refractivity contribution in [2.75, 3.05) is 11.9 Å². The van der Waals surface area contributed by atoms with E-state index in [1.54, 1.807) is 6.92 Å². The standard InChI is InChI=1S/C13H19NO2/c1-3-4-10-16-13(15)11(2)14-12-8-6-5-7-9-12/h5-9,11,14H,3-4,10H2,1-2H3/t11-/m0/s1. The smallest absolute Gasteiger partial charge is 0.328 e. The van der Waals surface area contributed by atoms with Crippen LogP contribution in [0.4, 0.5) is 5.69 Å². The first-order valence-corrected chi connectivity index (χ1v) is 5.72. The van der Waals surface area contributed by atoms with Crippen LogP contribution < -0.4 is 5.32 Å². The van der Waals surface area contributed by atoms with E-state index in [1.165, 1.54) is 0 Å². The number of esters is 1. The molecule has 0 aromatic heterocycles. The van der Waals surface area contributed by atoms with E-state index in [0.717, 1.165) is 18.5 Å². The lowest BCUT2D eigenvalue weighted by Crippen LogP contribution is -2.28. The fourth-order valence-electron chi connectivity index (χ4n) is 1.29. The summed E-state index contributed by atoms with van der Waals surface area (Å²) in [5.41, 5.74) is 0.933. The van der Waals surface area contributed by atoms with Gasteiger partial charge in [-0.1, -0.05) is 31.5 Å². The van der Waals surface area contributed by atoms with Gasteiger partial charge in [-0.15, -0.1) is 0 Å². The van der Waals surface area contributed by atoms with Crippen LogP contribution in [0.25, 0.3) is 0 Å². The summed E-state index contributed by atoms with van der Waals surface area (Å²) >= 11 is 0. The number of hydrogen-bond acceptors (Lipinski definition) is 3. The Bertz CT molecular complexity index is 311. The Morgan fingerprint density at radius 1 is 1.38 bits per heavy atom. The van der Waals surface area contributed by atoms with Crippen molar-refractivity contribution in [3.05, 3.63) is 30.3 Å². The van der Waals surface area contributed by atoms with Crippen LogP contribution in [0.15, 0.2) is 30.3 Å². The van der Waals surface area contributed by atoms with Gasteiger partial charge >= 0.3 is 5.97 Å². The van der Waals surface area contributed by atoms with E-state index in [-0.39, 0.29) is 12.0 Å². The van der Waals surface area contributed by atoms with E-state index in [4.69, 9.17) is 4.74 Å². The van der Waals surface area contributed by atoms with Crippen LogP contribution in [0.5, 0.6) is 0 Å². The summed E-state index contributed by atoms with van der Waals surface area (Å²) in [7, 11) is 0. The molecule has 1 N–H and O–H groups in total. The van der Waals surface area contributed by atoms with Crippen LogP contribution in [0.2, 0.25) is 0 Å². The summed E-state index contributed by atoms with van der Waals surface area (Å²) in [6.07, 6.45) is 1.96. The minimum atomic E-state index is -0.306. The molecule has 0 amide bonds. The molecule has 3 heteroatoms. The van der Waals surface area contributed by atoms with E-state index in [2.05, 4.69) is 12.2 Å². The maximum absolute atomic E-state index is 11.5. The molecule has 1 aromatic rings. The van der Waals surface area contributed by atoms with Crippen LogP contribution in [-0.4, -0.2) is 18.6 Å². The molecule has 1 atom stereocenters. The minimum absolute atomic E-state index is 0.197. The molecule has 0 aliphatic carbocycles. The Morgan fingerprint density at radius 3 is 2.69 bits per heavy atom. The maximum atomic E-state index is 11.5. The number of para-hydroxylation sites is 1. The molecule has 0 aliphatic heterocycles. The number of anilines is 1. The predicted octanol–water partition coefficient (Wildman–Crippen LogP) is 2.83. The fourth-order valence-corrected chi connectivity index (χ4v) is 1.29. The third kappa shape index (κ3) is 4.34. The van der Waals surface area contributed by atoms with Crippen molar-refractivity contribution in [2.45, 2.75) is 32.7 Å². The lowest BCUT2D eigenvalue weighted by atomic mass is 10.2. The normalized spacial score (nSPS) is 11.9. The highest BCUT2D eigenvalue weighted by molar-refractivity contribution is 5.78. The highest BCUT2D eigenvalue weighted by Crippen LogP contribution is 2.07. The van der Waals surface area contributed by atoms with Crippen molar-refractivity contribution < 1.29 is 9.53 Å². The molecule has 0 saturated heterocycles. The van der Waals surface area contributed by atoms with Gasteiger partial charge in [0.1, 0.15) is 6.04 Å². The highest BCUT2D eigenvalue weighted by Gasteiger charge is 2.13. The second-order valence-corrected chi connectivity index (χ2v) is 3.75. The van der Waals surface area contributed by atoms with Crippen LogP contribution in [0, 0.1) is 0 Å². The summed E-state index contributed by atoms with van der Waals surface area (Å²) in [6.45, 7) is 4.39. The zero-order valence-corrected chi connectivity index (χ0v) is 9.90. The van der Waals surface area contributed by atoms with Crippen LogP contribution in [0.3, 0.4) is 0 Å². The van der Waals surface area contributed by atoms with Crippen molar-refractivity contribution in [1.82, 2.24) is 0 Å². The Hall–Kier alpha value is -1.51. The topological polar surface area (TPSA) is 38.3 Å². The van der Waals surface area contributed by atoms with Crippen molar-refractivity contribution in [2.24, 2.45) is 0 Å². The molecule has 0 heterocycles. The fraction of sp³-hybridized carbons (Fsp3) is 0.462. The molecule has 3 nitrogen and oxygen atoms in total. The third-order valence-corrected chi connectivity index (χ3v) is 2.25. The molecule has 0 unspecified atom stereocenters. The second kappa shape index (κ2) is 6.88. The van der Waals surface area contributed by atoms with Crippen LogP contribution in [-0.2, 0) is 9.53 Å². The van der Waals surface area contributed by atoms with E-state index in [0.29, 0.717) is 6.61 Å². The summed E-state index contributed by atoms with van der Waals surface area (Å²) in [6, 6.07) is 9.34. The molecule has 0 aliphatic rings. The van der Waals surface area contributed by atoms with Crippen LogP contribution in [0.1, 0.15) is 26.7 Å². The highest BCUT2D eigenvalue weighted by atomic mass is 16.5. The van der Waals surface area contributed by atoms with Gasteiger partial charge in [-0.05, 0) is 25.5 Å². The van der Waals surface area contributed by atoms with E-state index in [9.17, 15) is 4.79 Å². The van der Waals surface area contributed by atoms with E-state index < -0.39 is 0 Å². The molecule has 88 valence electrons. The average Bonchev–Trinajstić information content (AvgIpc) is 2.30. The van der Waals surface area contributed by atoms with Gasteiger partial charge in [0.25, 0.3) is 0 Å². The van der Waals surface area contributed by atoms with Gasteiger partial charge in [0, 0.05) is 5.69 Å². The molecule has 0 radical (unpaired) electrons. The number of benzene rings is 1. The molecular formula is C13H19NO2. The Morgan fingerprint density at radius 2 is 2.06 bits per heavy atom. The van der Waals surface area contributed by atoms with E-state index in [1.807, 2.05) is 30.3 Å². The third-order valence-electron chi connectivity index (χ3n) is 2.25. The molecule has 0 fully saturated rings. The quantitative estimate of drug-likeness (QED) is 0.593. The first-order chi connectivity index (χ1) is 7.74. The SMILES string of the molecule is CCCCOC(=O)[C@H](C)Nc1ccccc1. The first-order valence-electron chi connectivity index (χ1n) is 5.72. The number of hydrogen-bond donors (Lipinski definition) is 1. The van der Waals surface area contributed by atoms with Crippen molar-refractivity contribution in [1.29, 1.82) is 0 Å². The number of unbranched alkanes of at least 4 members (excludes halogenated alkanes) is 1. The Balaban J connectivity index is 2.34. The number of rotatable bonds is 6. The lowest BCUT2D eigenvalue weighted by molar-refractivity contribution is -0.144. The van der Waals surface area contributed by atoms with Gasteiger partial charge in [0.2, 0.25) is 0 Å². The number of nitrogens with one attached hydrogen (secondary N) is 1. The molecule has 0 spiro atoms. The summed E-state index contributed by atoms with van der Waals surface area (Å²) in [5, 5.41) is 3.09. The van der Waals surface area contributed by atoms with Gasteiger partial charge in [-0.3, -0.25) is 0 Å². The van der Waals surface area contributed by atoms with Crippen molar-refractivity contribution in [3.63, 3.8) is 0 Å². The molecular weight excluding hydrogens is 202 g/mol. The van der Waals surface area contributed by atoms with Gasteiger partial charge in [-0.25, -0.2) is 4.79 Å². The van der Waals surface area contributed by atoms with E-state index >= 15 is 0 Å². The Labute approximate surface area is 96.8 Å². The minimum Gasteiger partial charge on any atom is -0.464 e.